The number of carboxylic acids is 1. The van der Waals surface area contributed by atoms with Gasteiger partial charge in [0.25, 0.3) is 0 Å². The van der Waals surface area contributed by atoms with Crippen molar-refractivity contribution in [3.8, 4) is 0 Å². The van der Waals surface area contributed by atoms with Crippen molar-refractivity contribution in [1.29, 1.82) is 0 Å². The number of thioether (sulfide) groups is 1. The molecule has 12 heteroatoms. The number of carbonyl (C=O) groups is 2. The highest BCUT2D eigenvalue weighted by atomic mass is 32.2. The van der Waals surface area contributed by atoms with Crippen LogP contribution in [0, 0.1) is 0 Å². The van der Waals surface area contributed by atoms with Crippen LogP contribution in [0.4, 0.5) is 0 Å². The molecule has 0 saturated carbocycles. The van der Waals surface area contributed by atoms with Crippen LogP contribution in [0.3, 0.4) is 0 Å². The van der Waals surface area contributed by atoms with E-state index in [-0.39, 0.29) is 29.2 Å². The average molecular weight is 345 g/mol. The fourth-order valence-electron chi connectivity index (χ4n) is 2.38. The van der Waals surface area contributed by atoms with Crippen molar-refractivity contribution >= 4 is 33.5 Å². The fourth-order valence-corrected chi connectivity index (χ4v) is 5.23. The van der Waals surface area contributed by atoms with Crippen molar-refractivity contribution in [3.63, 3.8) is 0 Å². The summed E-state index contributed by atoms with van der Waals surface area (Å²) in [5.41, 5.74) is -0.0662. The molecule has 0 aromatic carbocycles. The smallest absolute Gasteiger partial charge is 0.352 e. The minimum absolute atomic E-state index is 0.0750. The molecule has 1 saturated heterocycles. The van der Waals surface area contributed by atoms with Crippen LogP contribution < -0.4 is 0 Å². The number of aromatic nitrogens is 4. The predicted molar refractivity (Wildman–Crippen MR) is 73.2 cm³/mol. The van der Waals surface area contributed by atoms with Gasteiger partial charge < -0.3 is 5.11 Å². The summed E-state index contributed by atoms with van der Waals surface area (Å²) >= 11 is 1.11. The van der Waals surface area contributed by atoms with E-state index in [9.17, 15) is 23.1 Å². The number of aliphatic carboxylic acids is 1. The quantitative estimate of drug-likeness (QED) is 0.517. The number of amides is 1. The SMILES string of the molecule is Cn1nnnc1SCC1=C(C(=O)O)N2C(=O)C[C@H]2S(=O)(=O)C1. The van der Waals surface area contributed by atoms with E-state index in [1.165, 1.54) is 4.68 Å². The molecule has 2 aliphatic heterocycles. The number of aryl methyl sites for hydroxylation is 1. The third kappa shape index (κ3) is 2.27. The first-order chi connectivity index (χ1) is 10.3. The molecular weight excluding hydrogens is 334 g/mol. The lowest BCUT2D eigenvalue weighted by molar-refractivity contribution is -0.146. The van der Waals surface area contributed by atoms with E-state index in [2.05, 4.69) is 15.5 Å². The van der Waals surface area contributed by atoms with E-state index in [0.29, 0.717) is 5.16 Å². The van der Waals surface area contributed by atoms with Crippen LogP contribution in [0.5, 0.6) is 0 Å². The van der Waals surface area contributed by atoms with Gasteiger partial charge in [0, 0.05) is 12.8 Å². The Kier molecular flexibility index (Phi) is 3.44. The molecule has 1 aromatic rings. The van der Waals surface area contributed by atoms with Gasteiger partial charge in [-0.25, -0.2) is 17.9 Å². The van der Waals surface area contributed by atoms with Crippen LogP contribution in [-0.4, -0.2) is 67.4 Å². The van der Waals surface area contributed by atoms with Gasteiger partial charge >= 0.3 is 5.97 Å². The number of hydrogen-bond donors (Lipinski definition) is 1. The maximum absolute atomic E-state index is 12.1. The van der Waals surface area contributed by atoms with Gasteiger partial charge in [0.2, 0.25) is 11.1 Å². The number of carboxylic acid groups (broad SMARTS) is 1. The van der Waals surface area contributed by atoms with Crippen molar-refractivity contribution in [1.82, 2.24) is 25.1 Å². The summed E-state index contributed by atoms with van der Waals surface area (Å²) in [4.78, 5) is 23.9. The molecule has 118 valence electrons. The zero-order chi connectivity index (χ0) is 16.1. The summed E-state index contributed by atoms with van der Waals surface area (Å²) in [7, 11) is -1.95. The Morgan fingerprint density at radius 1 is 1.50 bits per heavy atom. The second kappa shape index (κ2) is 5.05. The number of sulfone groups is 1. The van der Waals surface area contributed by atoms with Crippen molar-refractivity contribution in [3.05, 3.63) is 11.3 Å². The summed E-state index contributed by atoms with van der Waals surface area (Å²) in [6, 6.07) is 0. The molecule has 22 heavy (non-hydrogen) atoms. The Morgan fingerprint density at radius 3 is 2.77 bits per heavy atom. The van der Waals surface area contributed by atoms with Gasteiger partial charge in [0.15, 0.2) is 9.84 Å². The minimum Gasteiger partial charge on any atom is -0.477 e. The predicted octanol–water partition coefficient (Wildman–Crippen LogP) is -1.37. The molecule has 3 heterocycles. The number of tetrazole rings is 1. The lowest BCUT2D eigenvalue weighted by atomic mass is 10.1. The average Bonchev–Trinajstić information content (AvgIpc) is 2.82. The Balaban J connectivity index is 1.94. The number of nitrogens with zero attached hydrogens (tertiary/aromatic N) is 5. The molecule has 0 bridgehead atoms. The molecule has 2 aliphatic rings. The number of hydrogen-bond acceptors (Lipinski definition) is 8. The molecule has 0 aliphatic carbocycles. The zero-order valence-electron chi connectivity index (χ0n) is 11.3. The summed E-state index contributed by atoms with van der Waals surface area (Å²) in [6.45, 7) is 0. The van der Waals surface area contributed by atoms with Crippen molar-refractivity contribution in [2.24, 2.45) is 7.05 Å². The number of β-lactam (4-membered cyclic amide) rings is 1. The first-order valence-electron chi connectivity index (χ1n) is 6.15. The standard InChI is InChI=1S/C10H11N5O5S2/c1-14-10(11-12-13-14)21-3-5-4-22(19,20)7-2-6(16)15(7)8(5)9(17)18/h7H,2-4H2,1H3,(H,17,18)/t7-/m1/s1. The van der Waals surface area contributed by atoms with E-state index in [4.69, 9.17) is 0 Å². The van der Waals surface area contributed by atoms with E-state index >= 15 is 0 Å². The summed E-state index contributed by atoms with van der Waals surface area (Å²) in [5, 5.41) is 19.5. The second-order valence-corrected chi connectivity index (χ2v) is 7.96. The highest BCUT2D eigenvalue weighted by molar-refractivity contribution is 7.99. The van der Waals surface area contributed by atoms with Gasteiger partial charge in [-0.2, -0.15) is 0 Å². The second-order valence-electron chi connectivity index (χ2n) is 4.86. The first-order valence-corrected chi connectivity index (χ1v) is 8.85. The molecule has 0 radical (unpaired) electrons. The maximum atomic E-state index is 12.1. The molecule has 0 spiro atoms. The Labute approximate surface area is 129 Å². The maximum Gasteiger partial charge on any atom is 0.352 e. The molecule has 3 rings (SSSR count). The van der Waals surface area contributed by atoms with Crippen LogP contribution in [0.2, 0.25) is 0 Å². The van der Waals surface area contributed by atoms with Gasteiger partial charge in [-0.15, -0.1) is 5.10 Å². The van der Waals surface area contributed by atoms with Crippen LogP contribution in [0.1, 0.15) is 6.42 Å². The topological polar surface area (TPSA) is 135 Å². The highest BCUT2D eigenvalue weighted by Crippen LogP contribution is 2.37. The summed E-state index contributed by atoms with van der Waals surface area (Å²) in [5.74, 6) is -2.10. The van der Waals surface area contributed by atoms with E-state index in [0.717, 1.165) is 16.7 Å². The molecule has 1 fully saturated rings. The first kappa shape index (κ1) is 15.0. The monoisotopic (exact) mass is 345 g/mol. The minimum atomic E-state index is -3.56. The van der Waals surface area contributed by atoms with Gasteiger partial charge in [-0.1, -0.05) is 11.8 Å². The molecule has 1 amide bonds. The number of fused-ring (bicyclic) bond motifs is 1. The number of carbonyl (C=O) groups excluding carboxylic acids is 1. The third-order valence-corrected chi connectivity index (χ3v) is 6.49. The molecule has 1 aromatic heterocycles. The van der Waals surface area contributed by atoms with Gasteiger partial charge in [-0.3, -0.25) is 9.69 Å². The molecule has 1 N–H and O–H groups in total. The van der Waals surface area contributed by atoms with E-state index in [1.54, 1.807) is 7.05 Å². The highest BCUT2D eigenvalue weighted by Gasteiger charge is 2.52. The van der Waals surface area contributed by atoms with E-state index < -0.39 is 27.1 Å². The van der Waals surface area contributed by atoms with Crippen LogP contribution >= 0.6 is 11.8 Å². The van der Waals surface area contributed by atoms with Gasteiger partial charge in [-0.05, 0) is 16.0 Å². The van der Waals surface area contributed by atoms with Crippen LogP contribution in [0.25, 0.3) is 0 Å². The van der Waals surface area contributed by atoms with Gasteiger partial charge in [0.05, 0.1) is 12.2 Å². The molecule has 0 unspecified atom stereocenters. The lowest BCUT2D eigenvalue weighted by Crippen LogP contribution is -2.60. The molecule has 1 atom stereocenters. The lowest BCUT2D eigenvalue weighted by Gasteiger charge is -2.43. The Morgan fingerprint density at radius 2 is 2.23 bits per heavy atom. The largest absolute Gasteiger partial charge is 0.477 e. The fraction of sp³-hybridized carbons (Fsp3) is 0.500. The molecular formula is C10H11N5O5S2. The Hall–Kier alpha value is -1.95. The third-order valence-electron chi connectivity index (χ3n) is 3.43. The van der Waals surface area contributed by atoms with Crippen molar-refractivity contribution in [2.45, 2.75) is 17.0 Å². The van der Waals surface area contributed by atoms with Crippen LogP contribution in [0.15, 0.2) is 16.4 Å². The van der Waals surface area contributed by atoms with Crippen molar-refractivity contribution < 1.29 is 23.1 Å². The van der Waals surface area contributed by atoms with Crippen LogP contribution in [-0.2, 0) is 26.5 Å². The zero-order valence-corrected chi connectivity index (χ0v) is 13.0. The normalized spacial score (nSPS) is 23.2. The summed E-state index contributed by atoms with van der Waals surface area (Å²) < 4.78 is 25.6. The molecule has 10 nitrogen and oxygen atoms in total. The Bertz CT molecular complexity index is 798. The summed E-state index contributed by atoms with van der Waals surface area (Å²) in [6.07, 6.45) is -0.160. The van der Waals surface area contributed by atoms with Crippen molar-refractivity contribution in [2.75, 3.05) is 11.5 Å². The van der Waals surface area contributed by atoms with E-state index in [1.807, 2.05) is 0 Å². The van der Waals surface area contributed by atoms with Gasteiger partial charge in [0.1, 0.15) is 11.1 Å². The number of rotatable bonds is 4.